The van der Waals surface area contributed by atoms with Crippen molar-refractivity contribution in [1.29, 1.82) is 0 Å². The van der Waals surface area contributed by atoms with E-state index in [0.29, 0.717) is 45.3 Å². The number of methoxy groups -OCH3 is 4. The van der Waals surface area contributed by atoms with Gasteiger partial charge in [-0.05, 0) is 48.5 Å². The van der Waals surface area contributed by atoms with Crippen LogP contribution in [0.5, 0.6) is 23.0 Å². The van der Waals surface area contributed by atoms with Crippen molar-refractivity contribution in [2.24, 2.45) is 0 Å². The SMILES string of the molecule is COc1ccc2[nH]c(=O)c(CN(C(=O)c3cc(OC)c(OC)c(OC)c3)c3ccccc3)cc2c1. The van der Waals surface area contributed by atoms with Gasteiger partial charge in [0.15, 0.2) is 11.5 Å². The molecular weight excluding hydrogens is 448 g/mol. The molecule has 1 amide bonds. The number of nitrogens with zero attached hydrogens (tertiary/aromatic N) is 1. The van der Waals surface area contributed by atoms with E-state index in [-0.39, 0.29) is 18.0 Å². The Morgan fingerprint density at radius 2 is 1.51 bits per heavy atom. The van der Waals surface area contributed by atoms with Crippen molar-refractivity contribution < 1.29 is 23.7 Å². The number of rotatable bonds is 8. The molecule has 1 N–H and O–H groups in total. The van der Waals surface area contributed by atoms with Crippen molar-refractivity contribution in [3.05, 3.63) is 88.2 Å². The number of hydrogen-bond donors (Lipinski definition) is 1. The summed E-state index contributed by atoms with van der Waals surface area (Å²) in [6, 6.07) is 19.5. The van der Waals surface area contributed by atoms with E-state index in [1.165, 1.54) is 26.2 Å². The van der Waals surface area contributed by atoms with E-state index >= 15 is 0 Å². The topological polar surface area (TPSA) is 90.1 Å². The van der Waals surface area contributed by atoms with Crippen molar-refractivity contribution in [3.63, 3.8) is 0 Å². The number of amides is 1. The highest BCUT2D eigenvalue weighted by Gasteiger charge is 2.23. The quantitative estimate of drug-likeness (QED) is 0.407. The molecule has 180 valence electrons. The van der Waals surface area contributed by atoms with Gasteiger partial charge in [0.2, 0.25) is 5.75 Å². The van der Waals surface area contributed by atoms with Crippen LogP contribution in [0.3, 0.4) is 0 Å². The lowest BCUT2D eigenvalue weighted by molar-refractivity contribution is 0.0984. The number of H-pyrrole nitrogens is 1. The number of para-hydroxylation sites is 1. The molecule has 0 unspecified atom stereocenters. The van der Waals surface area contributed by atoms with E-state index in [9.17, 15) is 9.59 Å². The highest BCUT2D eigenvalue weighted by molar-refractivity contribution is 6.06. The van der Waals surface area contributed by atoms with E-state index in [0.717, 1.165) is 5.39 Å². The summed E-state index contributed by atoms with van der Waals surface area (Å²) in [6.45, 7) is 0.0436. The van der Waals surface area contributed by atoms with Crippen LogP contribution < -0.4 is 29.4 Å². The van der Waals surface area contributed by atoms with Crippen LogP contribution in [-0.2, 0) is 6.54 Å². The molecule has 0 fully saturated rings. The molecule has 0 saturated heterocycles. The molecule has 8 heteroatoms. The Hall–Kier alpha value is -4.46. The minimum Gasteiger partial charge on any atom is -0.497 e. The summed E-state index contributed by atoms with van der Waals surface area (Å²) in [6.07, 6.45) is 0. The normalized spacial score (nSPS) is 10.6. The Balaban J connectivity index is 1.80. The largest absolute Gasteiger partial charge is 0.497 e. The lowest BCUT2D eigenvalue weighted by atomic mass is 10.1. The second-order valence-corrected chi connectivity index (χ2v) is 7.72. The van der Waals surface area contributed by atoms with Crippen LogP contribution in [0.1, 0.15) is 15.9 Å². The molecule has 4 rings (SSSR count). The van der Waals surface area contributed by atoms with Gasteiger partial charge in [0.1, 0.15) is 5.75 Å². The van der Waals surface area contributed by atoms with Crippen molar-refractivity contribution in [3.8, 4) is 23.0 Å². The lowest BCUT2D eigenvalue weighted by Crippen LogP contribution is -2.33. The third kappa shape index (κ3) is 4.77. The third-order valence-corrected chi connectivity index (χ3v) is 5.68. The van der Waals surface area contributed by atoms with Gasteiger partial charge in [-0.15, -0.1) is 0 Å². The summed E-state index contributed by atoms with van der Waals surface area (Å²) < 4.78 is 21.5. The fourth-order valence-corrected chi connectivity index (χ4v) is 3.89. The maximum Gasteiger partial charge on any atom is 0.258 e. The molecule has 1 aromatic heterocycles. The van der Waals surface area contributed by atoms with Crippen molar-refractivity contribution in [1.82, 2.24) is 4.98 Å². The maximum atomic E-state index is 13.8. The minimum absolute atomic E-state index is 0.0436. The predicted octanol–water partition coefficient (Wildman–Crippen LogP) is 4.41. The summed E-state index contributed by atoms with van der Waals surface area (Å²) in [7, 11) is 6.06. The Bertz CT molecular complexity index is 1390. The van der Waals surface area contributed by atoms with Crippen molar-refractivity contribution in [2.75, 3.05) is 33.3 Å². The first-order valence-electron chi connectivity index (χ1n) is 10.9. The first kappa shape index (κ1) is 23.7. The van der Waals surface area contributed by atoms with Crippen LogP contribution in [-0.4, -0.2) is 39.3 Å². The number of hydrogen-bond acceptors (Lipinski definition) is 6. The average Bonchev–Trinajstić information content (AvgIpc) is 2.90. The predicted molar refractivity (Wildman–Crippen MR) is 134 cm³/mol. The molecule has 0 aliphatic heterocycles. The van der Waals surface area contributed by atoms with E-state index < -0.39 is 0 Å². The van der Waals surface area contributed by atoms with E-state index in [1.807, 2.05) is 36.4 Å². The molecule has 0 saturated carbocycles. The van der Waals surface area contributed by atoms with Crippen LogP contribution in [0.2, 0.25) is 0 Å². The summed E-state index contributed by atoms with van der Waals surface area (Å²) in [4.78, 5) is 31.1. The van der Waals surface area contributed by atoms with Gasteiger partial charge >= 0.3 is 0 Å². The second kappa shape index (κ2) is 10.2. The molecule has 0 aliphatic rings. The molecule has 35 heavy (non-hydrogen) atoms. The molecular formula is C27H26N2O6. The van der Waals surface area contributed by atoms with Gasteiger partial charge in [-0.25, -0.2) is 0 Å². The van der Waals surface area contributed by atoms with Crippen molar-refractivity contribution >= 4 is 22.5 Å². The molecule has 0 aliphatic carbocycles. The first-order valence-corrected chi connectivity index (χ1v) is 10.9. The van der Waals surface area contributed by atoms with E-state index in [4.69, 9.17) is 18.9 Å². The Morgan fingerprint density at radius 3 is 2.11 bits per heavy atom. The fraction of sp³-hybridized carbons (Fsp3) is 0.185. The smallest absolute Gasteiger partial charge is 0.258 e. The number of aromatic nitrogens is 1. The van der Waals surface area contributed by atoms with Gasteiger partial charge in [0, 0.05) is 27.7 Å². The van der Waals surface area contributed by atoms with Gasteiger partial charge < -0.3 is 28.8 Å². The van der Waals surface area contributed by atoms with Crippen LogP contribution in [0, 0.1) is 0 Å². The van der Waals surface area contributed by atoms with E-state index in [1.54, 1.807) is 37.4 Å². The molecule has 0 radical (unpaired) electrons. The fourth-order valence-electron chi connectivity index (χ4n) is 3.89. The van der Waals surface area contributed by atoms with Gasteiger partial charge in [0.05, 0.1) is 35.0 Å². The summed E-state index contributed by atoms with van der Waals surface area (Å²) in [5, 5.41) is 0.798. The first-order chi connectivity index (χ1) is 17.0. The summed E-state index contributed by atoms with van der Waals surface area (Å²) >= 11 is 0. The Labute approximate surface area is 202 Å². The molecule has 0 atom stereocenters. The highest BCUT2D eigenvalue weighted by atomic mass is 16.5. The maximum absolute atomic E-state index is 13.8. The molecule has 1 heterocycles. The van der Waals surface area contributed by atoms with Crippen molar-refractivity contribution in [2.45, 2.75) is 6.54 Å². The number of nitrogens with one attached hydrogen (secondary N) is 1. The molecule has 0 spiro atoms. The van der Waals surface area contributed by atoms with Gasteiger partial charge in [-0.2, -0.15) is 0 Å². The number of fused-ring (bicyclic) bond motifs is 1. The second-order valence-electron chi connectivity index (χ2n) is 7.72. The van der Waals surface area contributed by atoms with Crippen LogP contribution in [0.25, 0.3) is 10.9 Å². The number of carbonyl (C=O) groups excluding carboxylic acids is 1. The molecule has 3 aromatic carbocycles. The van der Waals surface area contributed by atoms with Gasteiger partial charge in [0.25, 0.3) is 11.5 Å². The standard InChI is InChI=1S/C27H26N2O6/c1-32-21-10-11-22-17(13-21)12-19(26(30)28-22)16-29(20-8-6-5-7-9-20)27(31)18-14-23(33-2)25(35-4)24(15-18)34-3/h5-15H,16H2,1-4H3,(H,28,30). The zero-order valence-electron chi connectivity index (χ0n) is 20.0. The number of ether oxygens (including phenoxy) is 4. The minimum atomic E-state index is -0.333. The number of anilines is 1. The van der Waals surface area contributed by atoms with Gasteiger partial charge in [-0.3, -0.25) is 9.59 Å². The molecule has 4 aromatic rings. The number of pyridine rings is 1. The summed E-state index contributed by atoms with van der Waals surface area (Å²) in [5.74, 6) is 1.44. The Kier molecular flexibility index (Phi) is 6.91. The Morgan fingerprint density at radius 1 is 0.829 bits per heavy atom. The van der Waals surface area contributed by atoms with Crippen LogP contribution in [0.15, 0.2) is 71.5 Å². The highest BCUT2D eigenvalue weighted by Crippen LogP contribution is 2.39. The van der Waals surface area contributed by atoms with Crippen LogP contribution >= 0.6 is 0 Å². The zero-order chi connectivity index (χ0) is 24.9. The zero-order valence-corrected chi connectivity index (χ0v) is 20.0. The third-order valence-electron chi connectivity index (χ3n) is 5.68. The van der Waals surface area contributed by atoms with Gasteiger partial charge in [-0.1, -0.05) is 18.2 Å². The van der Waals surface area contributed by atoms with E-state index in [2.05, 4.69) is 4.98 Å². The molecule has 8 nitrogen and oxygen atoms in total. The molecule has 0 bridgehead atoms. The van der Waals surface area contributed by atoms with Crippen LogP contribution in [0.4, 0.5) is 5.69 Å². The summed E-state index contributed by atoms with van der Waals surface area (Å²) in [5.41, 5.74) is 1.79. The number of benzene rings is 3. The lowest BCUT2D eigenvalue weighted by Gasteiger charge is -2.24. The number of carbonyl (C=O) groups is 1. The number of aromatic amines is 1. The monoisotopic (exact) mass is 474 g/mol. The average molecular weight is 475 g/mol.